The number of benzene rings is 4. The maximum absolute atomic E-state index is 12.4. The summed E-state index contributed by atoms with van der Waals surface area (Å²) in [7, 11) is 0. The number of nitrogens with zero attached hydrogens (tertiary/aromatic N) is 1. The van der Waals surface area contributed by atoms with Gasteiger partial charge in [-0.15, -0.1) is 0 Å². The van der Waals surface area contributed by atoms with Gasteiger partial charge in [0.15, 0.2) is 6.61 Å². The van der Waals surface area contributed by atoms with Crippen LogP contribution in [-0.2, 0) is 4.79 Å². The van der Waals surface area contributed by atoms with Crippen LogP contribution in [0.3, 0.4) is 0 Å². The van der Waals surface area contributed by atoms with Crippen LogP contribution in [0.1, 0.15) is 21.5 Å². The molecule has 0 unspecified atom stereocenters. The molecule has 0 aliphatic heterocycles. The molecule has 170 valence electrons. The molecule has 0 spiro atoms. The second-order valence-corrected chi connectivity index (χ2v) is 7.69. The van der Waals surface area contributed by atoms with E-state index in [0.717, 1.165) is 21.9 Å². The standard InChI is InChI=1S/C27H23N3O4/c1-18-6-10-22(11-7-18)29-26(32)17-34-23-12-8-19(9-13-23)16-28-30-27(33)24-14-20-4-2-3-5-21(20)15-25(24)31/h2-16,31H,17H2,1H3,(H,29,32)(H,30,33)/b28-16-. The zero-order valence-corrected chi connectivity index (χ0v) is 18.5. The van der Waals surface area contributed by atoms with Crippen LogP contribution in [0.25, 0.3) is 10.8 Å². The van der Waals surface area contributed by atoms with Crippen molar-refractivity contribution in [2.75, 3.05) is 11.9 Å². The van der Waals surface area contributed by atoms with E-state index < -0.39 is 5.91 Å². The maximum atomic E-state index is 12.4. The Hall–Kier alpha value is -4.65. The van der Waals surface area contributed by atoms with E-state index in [0.29, 0.717) is 11.4 Å². The minimum atomic E-state index is -0.515. The molecule has 3 N–H and O–H groups in total. The first-order chi connectivity index (χ1) is 16.5. The van der Waals surface area contributed by atoms with E-state index in [2.05, 4.69) is 15.8 Å². The summed E-state index contributed by atoms with van der Waals surface area (Å²) < 4.78 is 5.51. The number of ether oxygens (including phenoxy) is 1. The molecule has 0 fully saturated rings. The van der Waals surface area contributed by atoms with E-state index in [1.807, 2.05) is 55.5 Å². The number of rotatable bonds is 7. The van der Waals surface area contributed by atoms with Crippen molar-refractivity contribution in [3.8, 4) is 11.5 Å². The molecule has 0 heterocycles. The number of fused-ring (bicyclic) bond motifs is 1. The van der Waals surface area contributed by atoms with Crippen molar-refractivity contribution in [1.29, 1.82) is 0 Å². The number of aryl methyl sites for hydroxylation is 1. The molecule has 0 atom stereocenters. The Morgan fingerprint density at radius 2 is 1.62 bits per heavy atom. The van der Waals surface area contributed by atoms with E-state index in [-0.39, 0.29) is 23.8 Å². The van der Waals surface area contributed by atoms with Crippen LogP contribution in [0.2, 0.25) is 0 Å². The van der Waals surface area contributed by atoms with Crippen LogP contribution in [0, 0.1) is 6.92 Å². The number of aromatic hydroxyl groups is 1. The van der Waals surface area contributed by atoms with Crippen LogP contribution in [0.5, 0.6) is 11.5 Å². The molecule has 0 aromatic heterocycles. The monoisotopic (exact) mass is 453 g/mol. The van der Waals surface area contributed by atoms with Crippen molar-refractivity contribution < 1.29 is 19.4 Å². The third-order valence-electron chi connectivity index (χ3n) is 5.07. The number of anilines is 1. The minimum Gasteiger partial charge on any atom is -0.507 e. The molecule has 34 heavy (non-hydrogen) atoms. The predicted octanol–water partition coefficient (Wildman–Crippen LogP) is 4.64. The SMILES string of the molecule is Cc1ccc(NC(=O)COc2ccc(/C=N\NC(=O)c3cc4ccccc4cc3O)cc2)cc1. The molecular formula is C27H23N3O4. The first-order valence-corrected chi connectivity index (χ1v) is 10.6. The summed E-state index contributed by atoms with van der Waals surface area (Å²) in [6.45, 7) is 1.86. The van der Waals surface area contributed by atoms with Gasteiger partial charge in [-0.25, -0.2) is 5.43 Å². The fourth-order valence-electron chi connectivity index (χ4n) is 3.27. The smallest absolute Gasteiger partial charge is 0.275 e. The van der Waals surface area contributed by atoms with E-state index in [1.165, 1.54) is 6.21 Å². The van der Waals surface area contributed by atoms with Crippen molar-refractivity contribution in [3.63, 3.8) is 0 Å². The lowest BCUT2D eigenvalue weighted by Gasteiger charge is -2.08. The quantitative estimate of drug-likeness (QED) is 0.280. The van der Waals surface area contributed by atoms with E-state index in [4.69, 9.17) is 4.74 Å². The lowest BCUT2D eigenvalue weighted by Crippen LogP contribution is -2.20. The highest BCUT2D eigenvalue weighted by atomic mass is 16.5. The number of carbonyl (C=O) groups excluding carboxylic acids is 2. The molecule has 0 aliphatic carbocycles. The van der Waals surface area contributed by atoms with Gasteiger partial charge in [-0.2, -0.15) is 5.10 Å². The first-order valence-electron chi connectivity index (χ1n) is 10.6. The molecular weight excluding hydrogens is 430 g/mol. The lowest BCUT2D eigenvalue weighted by atomic mass is 10.1. The van der Waals surface area contributed by atoms with Crippen molar-refractivity contribution in [3.05, 3.63) is 102 Å². The van der Waals surface area contributed by atoms with E-state index in [1.54, 1.807) is 36.4 Å². The van der Waals surface area contributed by atoms with Gasteiger partial charge >= 0.3 is 0 Å². The number of hydrogen-bond acceptors (Lipinski definition) is 5. The number of amides is 2. The van der Waals surface area contributed by atoms with Gasteiger partial charge in [-0.1, -0.05) is 42.0 Å². The van der Waals surface area contributed by atoms with E-state index >= 15 is 0 Å². The number of hydrogen-bond donors (Lipinski definition) is 3. The number of nitrogens with one attached hydrogen (secondary N) is 2. The van der Waals surface area contributed by atoms with Gasteiger partial charge in [-0.05, 0) is 71.8 Å². The van der Waals surface area contributed by atoms with Gasteiger partial charge in [-0.3, -0.25) is 9.59 Å². The molecule has 4 aromatic carbocycles. The summed E-state index contributed by atoms with van der Waals surface area (Å²) in [5.74, 6) is -0.353. The van der Waals surface area contributed by atoms with Crippen molar-refractivity contribution in [2.24, 2.45) is 5.10 Å². The zero-order chi connectivity index (χ0) is 23.9. The molecule has 0 saturated carbocycles. The van der Waals surface area contributed by atoms with Crippen molar-refractivity contribution >= 4 is 34.5 Å². The Kier molecular flexibility index (Phi) is 6.84. The lowest BCUT2D eigenvalue weighted by molar-refractivity contribution is -0.118. The van der Waals surface area contributed by atoms with Gasteiger partial charge < -0.3 is 15.2 Å². The van der Waals surface area contributed by atoms with Crippen LogP contribution in [0.15, 0.2) is 90.0 Å². The first kappa shape index (κ1) is 22.5. The van der Waals surface area contributed by atoms with Crippen molar-refractivity contribution in [1.82, 2.24) is 5.43 Å². The Balaban J connectivity index is 1.29. The molecule has 2 amide bonds. The Labute approximate surface area is 196 Å². The van der Waals surface area contributed by atoms with Crippen LogP contribution in [-0.4, -0.2) is 29.7 Å². The van der Waals surface area contributed by atoms with Crippen LogP contribution >= 0.6 is 0 Å². The summed E-state index contributed by atoms with van der Waals surface area (Å²) >= 11 is 0. The minimum absolute atomic E-state index is 0.112. The average molecular weight is 453 g/mol. The van der Waals surface area contributed by atoms with E-state index in [9.17, 15) is 14.7 Å². The highest BCUT2D eigenvalue weighted by Gasteiger charge is 2.11. The largest absolute Gasteiger partial charge is 0.507 e. The van der Waals surface area contributed by atoms with Crippen LogP contribution < -0.4 is 15.5 Å². The molecule has 0 aliphatic rings. The third kappa shape index (κ3) is 5.77. The second-order valence-electron chi connectivity index (χ2n) is 7.69. The van der Waals surface area contributed by atoms with Crippen LogP contribution in [0.4, 0.5) is 5.69 Å². The van der Waals surface area contributed by atoms with Gasteiger partial charge in [0.25, 0.3) is 11.8 Å². The molecule has 4 rings (SSSR count). The summed E-state index contributed by atoms with van der Waals surface area (Å²) in [5, 5.41) is 18.6. The molecule has 7 heteroatoms. The third-order valence-corrected chi connectivity index (χ3v) is 5.07. The molecule has 0 bridgehead atoms. The average Bonchev–Trinajstić information content (AvgIpc) is 2.84. The Morgan fingerprint density at radius 1 is 0.941 bits per heavy atom. The number of phenols is 1. The number of hydrazone groups is 1. The Bertz CT molecular complexity index is 1350. The highest BCUT2D eigenvalue weighted by molar-refractivity contribution is 6.01. The molecule has 4 aromatic rings. The molecule has 7 nitrogen and oxygen atoms in total. The normalized spacial score (nSPS) is 10.9. The summed E-state index contributed by atoms with van der Waals surface area (Å²) in [5.41, 5.74) is 5.11. The van der Waals surface area contributed by atoms with Gasteiger partial charge in [0.2, 0.25) is 0 Å². The molecule has 0 radical (unpaired) electrons. The zero-order valence-electron chi connectivity index (χ0n) is 18.5. The topological polar surface area (TPSA) is 100 Å². The van der Waals surface area contributed by atoms with Gasteiger partial charge in [0.05, 0.1) is 11.8 Å². The van der Waals surface area contributed by atoms with Gasteiger partial charge in [0, 0.05) is 5.69 Å². The summed E-state index contributed by atoms with van der Waals surface area (Å²) in [6.07, 6.45) is 1.48. The highest BCUT2D eigenvalue weighted by Crippen LogP contribution is 2.24. The summed E-state index contributed by atoms with van der Waals surface area (Å²) in [6, 6.07) is 25.0. The predicted molar refractivity (Wildman–Crippen MR) is 132 cm³/mol. The fourth-order valence-corrected chi connectivity index (χ4v) is 3.27. The number of phenolic OH excluding ortho intramolecular Hbond substituents is 1. The maximum Gasteiger partial charge on any atom is 0.275 e. The molecule has 0 saturated heterocycles. The summed E-state index contributed by atoms with van der Waals surface area (Å²) in [4.78, 5) is 24.4. The number of carbonyl (C=O) groups is 2. The fraction of sp³-hybridized carbons (Fsp3) is 0.0741. The Morgan fingerprint density at radius 3 is 2.32 bits per heavy atom. The van der Waals surface area contributed by atoms with Crippen molar-refractivity contribution in [2.45, 2.75) is 6.92 Å². The second kappa shape index (κ2) is 10.3. The van der Waals surface area contributed by atoms with Gasteiger partial charge in [0.1, 0.15) is 11.5 Å².